The molecule has 0 aliphatic carbocycles. The van der Waals surface area contributed by atoms with Crippen molar-refractivity contribution in [3.8, 4) is 0 Å². The Morgan fingerprint density at radius 3 is 2.93 bits per heavy atom. The van der Waals surface area contributed by atoms with Crippen LogP contribution >= 0.6 is 0 Å². The summed E-state index contributed by atoms with van der Waals surface area (Å²) in [6.07, 6.45) is 7.02. The summed E-state index contributed by atoms with van der Waals surface area (Å²) in [6, 6.07) is -0.772. The van der Waals surface area contributed by atoms with Crippen LogP contribution in [0.25, 0.3) is 0 Å². The first kappa shape index (κ1) is 11.2. The maximum Gasteiger partial charge on any atom is 0.332 e. The lowest BCUT2D eigenvalue weighted by Crippen LogP contribution is -2.18. The fourth-order valence-corrected chi connectivity index (χ4v) is 1.07. The molecule has 15 heavy (non-hydrogen) atoms. The van der Waals surface area contributed by atoms with Crippen LogP contribution in [0.3, 0.4) is 0 Å². The van der Waals surface area contributed by atoms with Gasteiger partial charge in [0, 0.05) is 5.57 Å². The summed E-state index contributed by atoms with van der Waals surface area (Å²) in [4.78, 5) is 14.5. The number of nitrogens with zero attached hydrogens (tertiary/aromatic N) is 1. The van der Waals surface area contributed by atoms with Gasteiger partial charge in [-0.1, -0.05) is 30.9 Å². The Kier molecular flexibility index (Phi) is 3.85. The van der Waals surface area contributed by atoms with E-state index in [0.29, 0.717) is 5.90 Å². The van der Waals surface area contributed by atoms with Gasteiger partial charge in [0.1, 0.15) is 6.61 Å². The summed E-state index contributed by atoms with van der Waals surface area (Å²) < 4.78 is 5.16. The second-order valence-corrected chi connectivity index (χ2v) is 3.07. The molecule has 0 spiro atoms. The summed E-state index contributed by atoms with van der Waals surface area (Å²) in [5.41, 5.74) is 0.803. The molecule has 1 atom stereocenters. The van der Waals surface area contributed by atoms with Crippen LogP contribution in [0, 0.1) is 0 Å². The van der Waals surface area contributed by atoms with Crippen molar-refractivity contribution in [3.63, 3.8) is 0 Å². The van der Waals surface area contributed by atoms with Crippen LogP contribution in [0.2, 0.25) is 0 Å². The van der Waals surface area contributed by atoms with Gasteiger partial charge in [-0.2, -0.15) is 0 Å². The zero-order valence-corrected chi connectivity index (χ0v) is 8.51. The van der Waals surface area contributed by atoms with Crippen LogP contribution in [-0.4, -0.2) is 29.6 Å². The quantitative estimate of drug-likeness (QED) is 0.711. The first-order valence-corrected chi connectivity index (χ1v) is 4.55. The van der Waals surface area contributed by atoms with Crippen molar-refractivity contribution in [1.29, 1.82) is 0 Å². The minimum atomic E-state index is -0.959. The Morgan fingerprint density at radius 2 is 2.40 bits per heavy atom. The lowest BCUT2D eigenvalue weighted by atomic mass is 10.2. The molecule has 0 saturated carbocycles. The number of carbonyl (C=O) groups is 1. The molecule has 0 aromatic heterocycles. The molecule has 0 fully saturated rings. The highest BCUT2D eigenvalue weighted by Crippen LogP contribution is 2.11. The SMILES string of the molecule is C=C/C=C\C=C(/C)C1=NC(C(=O)O)CO1. The van der Waals surface area contributed by atoms with Gasteiger partial charge in [0.2, 0.25) is 5.90 Å². The molecule has 1 N–H and O–H groups in total. The minimum Gasteiger partial charge on any atom is -0.480 e. The largest absolute Gasteiger partial charge is 0.480 e. The average molecular weight is 207 g/mol. The Morgan fingerprint density at radius 1 is 1.67 bits per heavy atom. The van der Waals surface area contributed by atoms with E-state index in [-0.39, 0.29) is 6.61 Å². The molecule has 80 valence electrons. The van der Waals surface area contributed by atoms with Gasteiger partial charge in [0.05, 0.1) is 0 Å². The van der Waals surface area contributed by atoms with Crippen molar-refractivity contribution in [2.75, 3.05) is 6.61 Å². The zero-order valence-electron chi connectivity index (χ0n) is 8.51. The van der Waals surface area contributed by atoms with Crippen LogP contribution in [0.4, 0.5) is 0 Å². The Balaban J connectivity index is 2.69. The molecule has 1 heterocycles. The van der Waals surface area contributed by atoms with Crippen LogP contribution < -0.4 is 0 Å². The zero-order chi connectivity index (χ0) is 11.3. The molecule has 0 radical (unpaired) electrons. The van der Waals surface area contributed by atoms with Gasteiger partial charge in [-0.15, -0.1) is 0 Å². The van der Waals surface area contributed by atoms with Gasteiger partial charge in [0.25, 0.3) is 0 Å². The van der Waals surface area contributed by atoms with Gasteiger partial charge in [0.15, 0.2) is 6.04 Å². The fourth-order valence-electron chi connectivity index (χ4n) is 1.07. The van der Waals surface area contributed by atoms with Crippen molar-refractivity contribution in [2.45, 2.75) is 13.0 Å². The van der Waals surface area contributed by atoms with Gasteiger partial charge >= 0.3 is 5.97 Å². The van der Waals surface area contributed by atoms with Gasteiger partial charge < -0.3 is 9.84 Å². The van der Waals surface area contributed by atoms with E-state index < -0.39 is 12.0 Å². The number of aliphatic imine (C=N–C) groups is 1. The van der Waals surface area contributed by atoms with Gasteiger partial charge in [-0.05, 0) is 6.92 Å². The standard InChI is InChI=1S/C11H13NO3/c1-3-4-5-6-8(2)10-12-9(7-15-10)11(13)14/h3-6,9H,1,7H2,2H3,(H,13,14)/b5-4-,8-6+. The third-order valence-corrected chi connectivity index (χ3v) is 1.87. The molecular formula is C11H13NO3. The minimum absolute atomic E-state index is 0.112. The molecule has 0 aromatic carbocycles. The molecule has 0 bridgehead atoms. The lowest BCUT2D eigenvalue weighted by molar-refractivity contribution is -0.138. The molecule has 0 amide bonds. The maximum absolute atomic E-state index is 10.6. The monoisotopic (exact) mass is 207 g/mol. The van der Waals surface area contributed by atoms with Gasteiger partial charge in [-0.25, -0.2) is 9.79 Å². The first-order chi connectivity index (χ1) is 7.15. The molecular weight excluding hydrogens is 194 g/mol. The number of rotatable bonds is 4. The number of carboxylic acid groups (broad SMARTS) is 1. The highest BCUT2D eigenvalue weighted by molar-refractivity contribution is 5.96. The van der Waals surface area contributed by atoms with Crippen LogP contribution in [0.5, 0.6) is 0 Å². The molecule has 0 aromatic rings. The molecule has 4 heteroatoms. The van der Waals surface area contributed by atoms with Crippen LogP contribution in [0.15, 0.2) is 41.4 Å². The van der Waals surface area contributed by atoms with Crippen LogP contribution in [0.1, 0.15) is 6.92 Å². The van der Waals surface area contributed by atoms with E-state index in [1.165, 1.54) is 0 Å². The normalized spacial score (nSPS) is 21.3. The molecule has 4 nitrogen and oxygen atoms in total. The summed E-state index contributed by atoms with van der Waals surface area (Å²) in [6.45, 7) is 5.46. The Hall–Kier alpha value is -1.84. The van der Waals surface area contributed by atoms with Gasteiger partial charge in [-0.3, -0.25) is 0 Å². The number of aliphatic carboxylic acids is 1. The predicted molar refractivity (Wildman–Crippen MR) is 57.9 cm³/mol. The highest BCUT2D eigenvalue weighted by Gasteiger charge is 2.25. The summed E-state index contributed by atoms with van der Waals surface area (Å²) in [7, 11) is 0. The third-order valence-electron chi connectivity index (χ3n) is 1.87. The molecule has 1 aliphatic rings. The number of hydrogen-bond acceptors (Lipinski definition) is 3. The second-order valence-electron chi connectivity index (χ2n) is 3.07. The smallest absolute Gasteiger partial charge is 0.332 e. The second kappa shape index (κ2) is 5.14. The average Bonchev–Trinajstić information content (AvgIpc) is 2.66. The van der Waals surface area contributed by atoms with Crippen molar-refractivity contribution in [2.24, 2.45) is 4.99 Å². The molecule has 0 saturated heterocycles. The number of hydrogen-bond donors (Lipinski definition) is 1. The first-order valence-electron chi connectivity index (χ1n) is 4.55. The van der Waals surface area contributed by atoms with E-state index in [4.69, 9.17) is 9.84 Å². The van der Waals surface area contributed by atoms with E-state index in [1.54, 1.807) is 24.3 Å². The fraction of sp³-hybridized carbons (Fsp3) is 0.273. The molecule has 1 rings (SSSR count). The number of ether oxygens (including phenoxy) is 1. The highest BCUT2D eigenvalue weighted by atomic mass is 16.5. The van der Waals surface area contributed by atoms with Crippen molar-refractivity contribution in [1.82, 2.24) is 0 Å². The maximum atomic E-state index is 10.6. The molecule has 1 aliphatic heterocycles. The van der Waals surface area contributed by atoms with Crippen molar-refractivity contribution in [3.05, 3.63) is 36.5 Å². The van der Waals surface area contributed by atoms with E-state index in [0.717, 1.165) is 5.57 Å². The van der Waals surface area contributed by atoms with Crippen molar-refractivity contribution < 1.29 is 14.6 Å². The van der Waals surface area contributed by atoms with E-state index in [1.807, 2.05) is 6.92 Å². The summed E-state index contributed by atoms with van der Waals surface area (Å²) in [5, 5.41) is 8.69. The lowest BCUT2D eigenvalue weighted by Gasteiger charge is -1.98. The van der Waals surface area contributed by atoms with E-state index in [2.05, 4.69) is 11.6 Å². The number of carboxylic acids is 1. The molecule has 1 unspecified atom stereocenters. The van der Waals surface area contributed by atoms with E-state index >= 15 is 0 Å². The summed E-state index contributed by atoms with van der Waals surface area (Å²) >= 11 is 0. The topological polar surface area (TPSA) is 58.9 Å². The van der Waals surface area contributed by atoms with E-state index in [9.17, 15) is 4.79 Å². The Bertz CT molecular complexity index is 353. The summed E-state index contributed by atoms with van der Waals surface area (Å²) in [5.74, 6) is -0.560. The number of allylic oxidation sites excluding steroid dienone is 4. The Labute approximate surface area is 88.3 Å². The predicted octanol–water partition coefficient (Wildman–Crippen LogP) is 1.56. The van der Waals surface area contributed by atoms with Crippen molar-refractivity contribution >= 4 is 11.9 Å². The third kappa shape index (κ3) is 3.09. The van der Waals surface area contributed by atoms with Crippen LogP contribution in [-0.2, 0) is 9.53 Å².